The van der Waals surface area contributed by atoms with Crippen LogP contribution < -0.4 is 24.3 Å². The lowest BCUT2D eigenvalue weighted by molar-refractivity contribution is 0.102. The van der Waals surface area contributed by atoms with Crippen LogP contribution in [-0.2, 0) is 6.42 Å². The Morgan fingerprint density at radius 2 is 1.84 bits per heavy atom. The van der Waals surface area contributed by atoms with Gasteiger partial charge in [0.1, 0.15) is 22.6 Å². The van der Waals surface area contributed by atoms with Crippen molar-refractivity contribution < 1.29 is 23.7 Å². The molecule has 31 heavy (non-hydrogen) atoms. The zero-order valence-electron chi connectivity index (χ0n) is 17.3. The van der Waals surface area contributed by atoms with E-state index in [1.165, 1.54) is 25.6 Å². The van der Waals surface area contributed by atoms with Crippen LogP contribution in [0.25, 0.3) is 0 Å². The van der Waals surface area contributed by atoms with Gasteiger partial charge in [-0.05, 0) is 42.3 Å². The second-order valence-electron chi connectivity index (χ2n) is 6.89. The van der Waals surface area contributed by atoms with E-state index >= 15 is 0 Å². The zero-order chi connectivity index (χ0) is 22.0. The molecule has 0 saturated carbocycles. The summed E-state index contributed by atoms with van der Waals surface area (Å²) in [5.41, 5.74) is 2.73. The summed E-state index contributed by atoms with van der Waals surface area (Å²) in [6, 6.07) is 12.9. The Bertz CT molecular complexity index is 1170. The van der Waals surface area contributed by atoms with Gasteiger partial charge in [0.15, 0.2) is 11.5 Å². The van der Waals surface area contributed by atoms with E-state index in [-0.39, 0.29) is 12.7 Å². The van der Waals surface area contributed by atoms with Gasteiger partial charge in [0.25, 0.3) is 5.91 Å². The van der Waals surface area contributed by atoms with Crippen molar-refractivity contribution in [1.29, 1.82) is 5.26 Å². The molecule has 0 aliphatic carbocycles. The number of amides is 1. The first kappa shape index (κ1) is 20.6. The molecule has 2 aromatic carbocycles. The quantitative estimate of drug-likeness (QED) is 0.611. The maximum atomic E-state index is 12.9. The molecule has 1 aliphatic heterocycles. The van der Waals surface area contributed by atoms with E-state index in [4.69, 9.17) is 18.9 Å². The molecule has 1 N–H and O–H groups in total. The minimum absolute atomic E-state index is 0.223. The van der Waals surface area contributed by atoms with Gasteiger partial charge in [-0.2, -0.15) is 5.26 Å². The number of benzene rings is 2. The number of nitrogens with zero attached hydrogens (tertiary/aromatic N) is 1. The summed E-state index contributed by atoms with van der Waals surface area (Å²) in [7, 11) is 3.05. The Labute approximate surface area is 183 Å². The minimum atomic E-state index is -0.343. The highest BCUT2D eigenvalue weighted by Gasteiger charge is 2.20. The smallest absolute Gasteiger partial charge is 0.256 e. The number of carbonyl (C=O) groups excluding carboxylic acids is 1. The fourth-order valence-electron chi connectivity index (χ4n) is 3.30. The molecule has 158 valence electrons. The molecular weight excluding hydrogens is 416 g/mol. The maximum absolute atomic E-state index is 12.9. The Balaban J connectivity index is 1.59. The molecule has 2 heterocycles. The summed E-state index contributed by atoms with van der Waals surface area (Å²) in [6.07, 6.45) is 0.616. The maximum Gasteiger partial charge on any atom is 0.256 e. The third-order valence-corrected chi connectivity index (χ3v) is 6.21. The van der Waals surface area contributed by atoms with Gasteiger partial charge >= 0.3 is 0 Å². The number of carbonyl (C=O) groups is 1. The topological polar surface area (TPSA) is 89.8 Å². The van der Waals surface area contributed by atoms with Gasteiger partial charge in [-0.25, -0.2) is 0 Å². The van der Waals surface area contributed by atoms with Gasteiger partial charge in [-0.15, -0.1) is 11.3 Å². The molecule has 0 spiro atoms. The predicted molar refractivity (Wildman–Crippen MR) is 117 cm³/mol. The second kappa shape index (κ2) is 8.58. The van der Waals surface area contributed by atoms with Crippen molar-refractivity contribution in [1.82, 2.24) is 0 Å². The van der Waals surface area contributed by atoms with Crippen molar-refractivity contribution in [3.8, 4) is 29.1 Å². The van der Waals surface area contributed by atoms with Crippen molar-refractivity contribution in [3.05, 3.63) is 63.5 Å². The summed E-state index contributed by atoms with van der Waals surface area (Å²) in [4.78, 5) is 13.9. The number of thiophene rings is 1. The molecule has 7 nitrogen and oxygen atoms in total. The van der Waals surface area contributed by atoms with Gasteiger partial charge in [-0.3, -0.25) is 4.79 Å². The van der Waals surface area contributed by atoms with Crippen LogP contribution in [-0.4, -0.2) is 26.9 Å². The van der Waals surface area contributed by atoms with Crippen LogP contribution in [0, 0.1) is 18.3 Å². The summed E-state index contributed by atoms with van der Waals surface area (Å²) in [5, 5.41) is 13.1. The SMILES string of the molecule is COc1cc(OC)cc(C(=O)Nc2sc(Cc3ccc4c(c3)OCO4)c(C)c2C#N)c1. The number of hydrogen-bond donors (Lipinski definition) is 1. The predicted octanol–water partition coefficient (Wildman–Crippen LogP) is 4.52. The highest BCUT2D eigenvalue weighted by Crippen LogP contribution is 2.37. The van der Waals surface area contributed by atoms with E-state index in [0.717, 1.165) is 21.8 Å². The van der Waals surface area contributed by atoms with Crippen molar-refractivity contribution in [2.45, 2.75) is 13.3 Å². The van der Waals surface area contributed by atoms with Crippen LogP contribution in [0.2, 0.25) is 0 Å². The van der Waals surface area contributed by atoms with Gasteiger partial charge < -0.3 is 24.3 Å². The van der Waals surface area contributed by atoms with E-state index in [1.54, 1.807) is 18.2 Å². The number of fused-ring (bicyclic) bond motifs is 1. The number of ether oxygens (including phenoxy) is 4. The van der Waals surface area contributed by atoms with Gasteiger partial charge in [0.2, 0.25) is 6.79 Å². The lowest BCUT2D eigenvalue weighted by atomic mass is 10.1. The third-order valence-electron chi connectivity index (χ3n) is 5.00. The summed E-state index contributed by atoms with van der Waals surface area (Å²) < 4.78 is 21.3. The van der Waals surface area contributed by atoms with E-state index in [9.17, 15) is 10.1 Å². The first-order chi connectivity index (χ1) is 15.0. The Morgan fingerprint density at radius 3 is 2.52 bits per heavy atom. The van der Waals surface area contributed by atoms with Crippen LogP contribution >= 0.6 is 11.3 Å². The van der Waals surface area contributed by atoms with E-state index in [1.807, 2.05) is 25.1 Å². The molecule has 4 rings (SSSR count). The minimum Gasteiger partial charge on any atom is -0.497 e. The van der Waals surface area contributed by atoms with Crippen LogP contribution in [0.5, 0.6) is 23.0 Å². The van der Waals surface area contributed by atoms with Crippen LogP contribution in [0.3, 0.4) is 0 Å². The summed E-state index contributed by atoms with van der Waals surface area (Å²) in [6.45, 7) is 2.11. The Morgan fingerprint density at radius 1 is 1.13 bits per heavy atom. The zero-order valence-corrected chi connectivity index (χ0v) is 18.1. The Hall–Kier alpha value is -3.70. The first-order valence-electron chi connectivity index (χ1n) is 9.47. The van der Waals surface area contributed by atoms with Gasteiger partial charge in [0.05, 0.1) is 19.8 Å². The molecular formula is C23H20N2O5S. The molecule has 0 radical (unpaired) electrons. The fourth-order valence-corrected chi connectivity index (χ4v) is 4.49. The lowest BCUT2D eigenvalue weighted by Gasteiger charge is -2.08. The second-order valence-corrected chi connectivity index (χ2v) is 7.99. The Kier molecular flexibility index (Phi) is 5.69. The first-order valence-corrected chi connectivity index (χ1v) is 10.3. The molecule has 0 saturated heterocycles. The molecule has 1 aliphatic rings. The number of nitriles is 1. The van der Waals surface area contributed by atoms with Crippen molar-refractivity contribution in [2.24, 2.45) is 0 Å². The molecule has 0 bridgehead atoms. The number of methoxy groups -OCH3 is 2. The van der Waals surface area contributed by atoms with Crippen molar-refractivity contribution in [2.75, 3.05) is 26.3 Å². The molecule has 0 fully saturated rings. The van der Waals surface area contributed by atoms with Crippen molar-refractivity contribution in [3.63, 3.8) is 0 Å². The summed E-state index contributed by atoms with van der Waals surface area (Å²) >= 11 is 1.39. The highest BCUT2D eigenvalue weighted by molar-refractivity contribution is 7.16. The molecule has 0 unspecified atom stereocenters. The lowest BCUT2D eigenvalue weighted by Crippen LogP contribution is -2.12. The molecule has 0 atom stereocenters. The van der Waals surface area contributed by atoms with Crippen molar-refractivity contribution >= 4 is 22.2 Å². The van der Waals surface area contributed by atoms with Gasteiger partial charge in [-0.1, -0.05) is 6.07 Å². The number of rotatable bonds is 6. The standard InChI is InChI=1S/C23H20N2O5S/c1-13-18(11-24)23(25-22(26)15-8-16(27-2)10-17(9-15)28-3)31-21(13)7-14-4-5-19-20(6-14)30-12-29-19/h4-6,8-10H,7,12H2,1-3H3,(H,25,26). The average Bonchev–Trinajstić information content (AvgIpc) is 3.37. The van der Waals surface area contributed by atoms with E-state index < -0.39 is 0 Å². The van der Waals surface area contributed by atoms with Crippen LogP contribution in [0.15, 0.2) is 36.4 Å². The number of anilines is 1. The summed E-state index contributed by atoms with van der Waals surface area (Å²) in [5.74, 6) is 2.12. The highest BCUT2D eigenvalue weighted by atomic mass is 32.1. The molecule has 1 amide bonds. The fraction of sp³-hybridized carbons (Fsp3) is 0.217. The molecule has 8 heteroatoms. The monoisotopic (exact) mass is 436 g/mol. The number of hydrogen-bond acceptors (Lipinski definition) is 7. The third kappa shape index (κ3) is 4.13. The van der Waals surface area contributed by atoms with E-state index in [0.29, 0.717) is 39.8 Å². The normalized spacial score (nSPS) is 11.7. The average molecular weight is 436 g/mol. The van der Waals surface area contributed by atoms with Crippen LogP contribution in [0.4, 0.5) is 5.00 Å². The van der Waals surface area contributed by atoms with Crippen LogP contribution in [0.1, 0.15) is 31.9 Å². The largest absolute Gasteiger partial charge is 0.497 e. The molecule has 3 aromatic rings. The van der Waals surface area contributed by atoms with Gasteiger partial charge in [0, 0.05) is 22.9 Å². The van der Waals surface area contributed by atoms with E-state index in [2.05, 4.69) is 11.4 Å². The molecule has 1 aromatic heterocycles. The number of nitrogens with one attached hydrogen (secondary N) is 1.